The van der Waals surface area contributed by atoms with Crippen LogP contribution in [0.4, 0.5) is 5.69 Å². The van der Waals surface area contributed by atoms with Crippen LogP contribution in [0, 0.1) is 6.92 Å². The van der Waals surface area contributed by atoms with Crippen LogP contribution in [0.15, 0.2) is 84.9 Å². The molecular formula is C29H29N3O2. The van der Waals surface area contributed by atoms with E-state index in [-0.39, 0.29) is 11.8 Å². The Kier molecular flexibility index (Phi) is 5.93. The van der Waals surface area contributed by atoms with Gasteiger partial charge in [0.15, 0.2) is 0 Å². The topological polar surface area (TPSA) is 52.7 Å². The van der Waals surface area contributed by atoms with E-state index in [9.17, 15) is 9.59 Å². The molecule has 5 heteroatoms. The van der Waals surface area contributed by atoms with Crippen LogP contribution in [-0.2, 0) is 11.3 Å². The Hall–Kier alpha value is -3.86. The van der Waals surface area contributed by atoms with Crippen LogP contribution in [0.3, 0.4) is 0 Å². The molecule has 5 nitrogen and oxygen atoms in total. The first-order valence-corrected chi connectivity index (χ1v) is 11.8. The first kappa shape index (κ1) is 22.0. The third kappa shape index (κ3) is 4.34. The van der Waals surface area contributed by atoms with Crippen LogP contribution < -0.4 is 5.32 Å². The van der Waals surface area contributed by atoms with Crippen LogP contribution in [0.5, 0.6) is 0 Å². The van der Waals surface area contributed by atoms with Crippen molar-refractivity contribution in [1.82, 2.24) is 9.80 Å². The minimum Gasteiger partial charge on any atom is -0.362 e. The van der Waals surface area contributed by atoms with Crippen molar-refractivity contribution < 1.29 is 9.59 Å². The van der Waals surface area contributed by atoms with Crippen molar-refractivity contribution in [1.29, 1.82) is 0 Å². The van der Waals surface area contributed by atoms with E-state index in [0.29, 0.717) is 38.0 Å². The third-order valence-electron chi connectivity index (χ3n) is 6.87. The molecule has 0 aromatic heterocycles. The number of hydrogen-bond donors (Lipinski definition) is 1. The predicted molar refractivity (Wildman–Crippen MR) is 135 cm³/mol. The molecule has 0 bridgehead atoms. The molecule has 0 atom stereocenters. The molecule has 34 heavy (non-hydrogen) atoms. The van der Waals surface area contributed by atoms with Gasteiger partial charge in [0.1, 0.15) is 5.66 Å². The van der Waals surface area contributed by atoms with Crippen molar-refractivity contribution in [3.63, 3.8) is 0 Å². The summed E-state index contributed by atoms with van der Waals surface area (Å²) < 4.78 is 0. The zero-order chi connectivity index (χ0) is 23.5. The number of aryl methyl sites for hydroxylation is 1. The molecule has 0 aliphatic carbocycles. The van der Waals surface area contributed by atoms with Gasteiger partial charge in [0.05, 0.1) is 5.56 Å². The van der Waals surface area contributed by atoms with E-state index in [1.54, 1.807) is 6.08 Å². The molecule has 5 rings (SSSR count). The van der Waals surface area contributed by atoms with Crippen LogP contribution in [0.1, 0.15) is 39.9 Å². The van der Waals surface area contributed by atoms with Crippen molar-refractivity contribution in [2.24, 2.45) is 0 Å². The van der Waals surface area contributed by atoms with E-state index in [0.717, 1.165) is 16.8 Å². The van der Waals surface area contributed by atoms with Crippen molar-refractivity contribution in [2.45, 2.75) is 32.0 Å². The molecule has 0 radical (unpaired) electrons. The third-order valence-corrected chi connectivity index (χ3v) is 6.87. The molecule has 3 aromatic rings. The summed E-state index contributed by atoms with van der Waals surface area (Å²) in [6, 6.07) is 25.9. The number of fused-ring (bicyclic) bond motifs is 1. The largest absolute Gasteiger partial charge is 0.362 e. The summed E-state index contributed by atoms with van der Waals surface area (Å²) in [6.07, 6.45) is 4.86. The predicted octanol–water partition coefficient (Wildman–Crippen LogP) is 5.10. The van der Waals surface area contributed by atoms with Crippen molar-refractivity contribution in [3.8, 4) is 0 Å². The zero-order valence-electron chi connectivity index (χ0n) is 19.4. The maximum atomic E-state index is 13.6. The summed E-state index contributed by atoms with van der Waals surface area (Å²) in [5.41, 5.74) is 4.35. The lowest BCUT2D eigenvalue weighted by Gasteiger charge is -2.52. The minimum atomic E-state index is -0.515. The Labute approximate surface area is 200 Å². The number of carbonyl (C=O) groups is 2. The van der Waals surface area contributed by atoms with E-state index in [1.165, 1.54) is 5.56 Å². The molecule has 172 valence electrons. The second-order valence-electron chi connectivity index (χ2n) is 9.15. The monoisotopic (exact) mass is 451 g/mol. The molecule has 0 unspecified atom stereocenters. The molecule has 2 heterocycles. The molecule has 2 aliphatic rings. The Balaban J connectivity index is 1.35. The Morgan fingerprint density at radius 3 is 2.35 bits per heavy atom. The number of piperidine rings is 1. The average Bonchev–Trinajstić information content (AvgIpc) is 2.87. The molecule has 1 N–H and O–H groups in total. The highest BCUT2D eigenvalue weighted by Gasteiger charge is 2.46. The Morgan fingerprint density at radius 2 is 1.62 bits per heavy atom. The minimum absolute atomic E-state index is 0.00701. The van der Waals surface area contributed by atoms with Crippen LogP contribution in [0.25, 0.3) is 6.08 Å². The van der Waals surface area contributed by atoms with Crippen LogP contribution in [0.2, 0.25) is 0 Å². The van der Waals surface area contributed by atoms with E-state index in [1.807, 2.05) is 89.5 Å². The first-order valence-electron chi connectivity index (χ1n) is 11.8. The number of para-hydroxylation sites is 1. The number of amides is 2. The van der Waals surface area contributed by atoms with Gasteiger partial charge in [-0.2, -0.15) is 0 Å². The SMILES string of the molecule is Cc1ccc(/C=C/C(=O)N2CCC3(CC2)Nc2ccccc2C(=O)N3Cc2ccccc2)cc1. The number of benzene rings is 3. The van der Waals surface area contributed by atoms with Crippen molar-refractivity contribution in [3.05, 3.63) is 107 Å². The second kappa shape index (κ2) is 9.18. The highest BCUT2D eigenvalue weighted by Crippen LogP contribution is 2.38. The van der Waals surface area contributed by atoms with Gasteiger partial charge in [-0.15, -0.1) is 0 Å². The zero-order valence-corrected chi connectivity index (χ0v) is 19.4. The maximum absolute atomic E-state index is 13.6. The summed E-state index contributed by atoms with van der Waals surface area (Å²) in [7, 11) is 0. The van der Waals surface area contributed by atoms with E-state index in [4.69, 9.17) is 0 Å². The van der Waals surface area contributed by atoms with Crippen LogP contribution in [-0.4, -0.2) is 40.4 Å². The Bertz CT molecular complexity index is 1210. The molecule has 1 spiro atoms. The first-order chi connectivity index (χ1) is 16.5. The normalized spacial score (nSPS) is 17.0. The lowest BCUT2D eigenvalue weighted by molar-refractivity contribution is -0.128. The van der Waals surface area contributed by atoms with Gasteiger partial charge in [-0.05, 0) is 36.3 Å². The van der Waals surface area contributed by atoms with Crippen molar-refractivity contribution >= 4 is 23.6 Å². The number of likely N-dealkylation sites (tertiary alicyclic amines) is 1. The number of carbonyl (C=O) groups excluding carboxylic acids is 2. The standard InChI is InChI=1S/C29H29N3O2/c1-22-11-13-23(14-12-22)15-16-27(33)31-19-17-29(18-20-31)30-26-10-6-5-9-25(26)28(34)32(29)21-24-7-3-2-4-8-24/h2-16,30H,17-21H2,1H3/b16-15+. The molecule has 1 fully saturated rings. The van der Waals surface area contributed by atoms with Gasteiger partial charge in [0, 0.05) is 44.2 Å². The number of nitrogens with one attached hydrogen (secondary N) is 1. The van der Waals surface area contributed by atoms with Gasteiger partial charge < -0.3 is 15.1 Å². The lowest BCUT2D eigenvalue weighted by Crippen LogP contribution is -2.64. The van der Waals surface area contributed by atoms with Gasteiger partial charge in [0.2, 0.25) is 5.91 Å². The molecule has 0 saturated carbocycles. The van der Waals surface area contributed by atoms with Crippen LogP contribution >= 0.6 is 0 Å². The fourth-order valence-corrected chi connectivity index (χ4v) is 4.87. The second-order valence-corrected chi connectivity index (χ2v) is 9.15. The van der Waals surface area contributed by atoms with Crippen molar-refractivity contribution in [2.75, 3.05) is 18.4 Å². The van der Waals surface area contributed by atoms with Gasteiger partial charge in [-0.3, -0.25) is 9.59 Å². The smallest absolute Gasteiger partial charge is 0.258 e. The summed E-state index contributed by atoms with van der Waals surface area (Å²) in [4.78, 5) is 30.3. The fraction of sp³-hybridized carbons (Fsp3) is 0.241. The number of anilines is 1. The molecular weight excluding hydrogens is 422 g/mol. The Morgan fingerprint density at radius 1 is 0.941 bits per heavy atom. The van der Waals surface area contributed by atoms with E-state index in [2.05, 4.69) is 17.4 Å². The number of nitrogens with zero attached hydrogens (tertiary/aromatic N) is 2. The van der Waals surface area contributed by atoms with Gasteiger partial charge in [-0.1, -0.05) is 72.3 Å². The van der Waals surface area contributed by atoms with Gasteiger partial charge in [-0.25, -0.2) is 0 Å². The average molecular weight is 452 g/mol. The van der Waals surface area contributed by atoms with Gasteiger partial charge in [0.25, 0.3) is 5.91 Å². The molecule has 2 aliphatic heterocycles. The summed E-state index contributed by atoms with van der Waals surface area (Å²) in [6.45, 7) is 3.75. The molecule has 3 aromatic carbocycles. The fourth-order valence-electron chi connectivity index (χ4n) is 4.87. The quantitative estimate of drug-likeness (QED) is 0.562. The summed E-state index contributed by atoms with van der Waals surface area (Å²) in [5.74, 6) is 0.0461. The van der Waals surface area contributed by atoms with E-state index < -0.39 is 5.66 Å². The highest BCUT2D eigenvalue weighted by molar-refractivity contribution is 6.02. The van der Waals surface area contributed by atoms with Gasteiger partial charge >= 0.3 is 0 Å². The highest BCUT2D eigenvalue weighted by atomic mass is 16.2. The molecule has 2 amide bonds. The summed E-state index contributed by atoms with van der Waals surface area (Å²) >= 11 is 0. The van der Waals surface area contributed by atoms with E-state index >= 15 is 0 Å². The maximum Gasteiger partial charge on any atom is 0.258 e. The lowest BCUT2D eigenvalue weighted by atomic mass is 9.89. The number of rotatable bonds is 4. The molecule has 1 saturated heterocycles. The summed E-state index contributed by atoms with van der Waals surface area (Å²) in [5, 5.41) is 3.68. The number of hydrogen-bond acceptors (Lipinski definition) is 3.